The van der Waals surface area contributed by atoms with Crippen molar-refractivity contribution in [3.05, 3.63) is 28.3 Å². The molecule has 0 fully saturated rings. The van der Waals surface area contributed by atoms with Crippen LogP contribution >= 0.6 is 0 Å². The van der Waals surface area contributed by atoms with Gasteiger partial charge < -0.3 is 5.32 Å². The molecule has 0 spiro atoms. The highest BCUT2D eigenvalue weighted by Gasteiger charge is 2.19. The zero-order valence-electron chi connectivity index (χ0n) is 10.8. The standard InChI is InChI=1S/C11H17N3O4S/c1-3-4-7-13-19(17,18)9-5-6-11(14(15)16)10(8-9)12-2/h5-6,8,12-13H,3-4,7H2,1-2H3. The van der Waals surface area contributed by atoms with Crippen molar-refractivity contribution in [1.82, 2.24) is 4.72 Å². The average molecular weight is 287 g/mol. The molecule has 2 N–H and O–H groups in total. The third-order valence-corrected chi connectivity index (χ3v) is 4.03. The summed E-state index contributed by atoms with van der Waals surface area (Å²) in [6.45, 7) is 2.31. The van der Waals surface area contributed by atoms with Gasteiger partial charge in [0.2, 0.25) is 10.0 Å². The maximum absolute atomic E-state index is 11.9. The van der Waals surface area contributed by atoms with Crippen molar-refractivity contribution in [3.8, 4) is 0 Å². The van der Waals surface area contributed by atoms with Gasteiger partial charge in [-0.3, -0.25) is 10.1 Å². The van der Waals surface area contributed by atoms with E-state index in [1.54, 1.807) is 0 Å². The van der Waals surface area contributed by atoms with E-state index >= 15 is 0 Å². The second-order valence-electron chi connectivity index (χ2n) is 3.94. The lowest BCUT2D eigenvalue weighted by Crippen LogP contribution is -2.24. The maximum atomic E-state index is 11.9. The number of nitrogens with zero attached hydrogens (tertiary/aromatic N) is 1. The summed E-state index contributed by atoms with van der Waals surface area (Å²) in [6, 6.07) is 3.67. The van der Waals surface area contributed by atoms with Gasteiger partial charge in [0.1, 0.15) is 5.69 Å². The minimum Gasteiger partial charge on any atom is -0.383 e. The van der Waals surface area contributed by atoms with E-state index in [0.717, 1.165) is 12.8 Å². The quantitative estimate of drug-likeness (QED) is 0.451. The Morgan fingerprint density at radius 2 is 2.05 bits per heavy atom. The van der Waals surface area contributed by atoms with E-state index in [1.165, 1.54) is 25.2 Å². The van der Waals surface area contributed by atoms with Crippen molar-refractivity contribution in [2.45, 2.75) is 24.7 Å². The lowest BCUT2D eigenvalue weighted by atomic mass is 10.3. The van der Waals surface area contributed by atoms with Crippen LogP contribution in [-0.4, -0.2) is 26.9 Å². The summed E-state index contributed by atoms with van der Waals surface area (Å²) in [4.78, 5) is 10.2. The van der Waals surface area contributed by atoms with Gasteiger partial charge in [0.05, 0.1) is 9.82 Å². The fourth-order valence-electron chi connectivity index (χ4n) is 1.51. The Morgan fingerprint density at radius 1 is 1.37 bits per heavy atom. The normalized spacial score (nSPS) is 11.3. The molecule has 1 aromatic carbocycles. The van der Waals surface area contributed by atoms with Crippen molar-refractivity contribution < 1.29 is 13.3 Å². The Hall–Kier alpha value is -1.67. The molecule has 0 bridgehead atoms. The summed E-state index contributed by atoms with van der Waals surface area (Å²) in [6.07, 6.45) is 1.62. The van der Waals surface area contributed by atoms with Gasteiger partial charge in [-0.15, -0.1) is 0 Å². The largest absolute Gasteiger partial charge is 0.383 e. The summed E-state index contributed by atoms with van der Waals surface area (Å²) >= 11 is 0. The van der Waals surface area contributed by atoms with Crippen molar-refractivity contribution in [3.63, 3.8) is 0 Å². The monoisotopic (exact) mass is 287 g/mol. The molecule has 8 heteroatoms. The van der Waals surface area contributed by atoms with Crippen LogP contribution in [0.1, 0.15) is 19.8 Å². The summed E-state index contributed by atoms with van der Waals surface area (Å²) in [7, 11) is -2.12. The Balaban J connectivity index is 3.05. The molecule has 0 unspecified atom stereocenters. The van der Waals surface area contributed by atoms with Crippen LogP contribution < -0.4 is 10.0 Å². The second-order valence-corrected chi connectivity index (χ2v) is 5.70. The van der Waals surface area contributed by atoms with Crippen LogP contribution in [-0.2, 0) is 10.0 Å². The van der Waals surface area contributed by atoms with Crippen LogP contribution in [0.4, 0.5) is 11.4 Å². The van der Waals surface area contributed by atoms with E-state index in [9.17, 15) is 18.5 Å². The molecule has 0 saturated heterocycles. The molecule has 7 nitrogen and oxygen atoms in total. The first-order chi connectivity index (χ1) is 8.92. The van der Waals surface area contributed by atoms with Crippen LogP contribution in [0.2, 0.25) is 0 Å². The van der Waals surface area contributed by atoms with Crippen LogP contribution in [0.25, 0.3) is 0 Å². The Morgan fingerprint density at radius 3 is 2.58 bits per heavy atom. The third kappa shape index (κ3) is 3.90. The van der Waals surface area contributed by atoms with Crippen molar-refractivity contribution >= 4 is 21.4 Å². The third-order valence-electron chi connectivity index (χ3n) is 2.57. The van der Waals surface area contributed by atoms with E-state index in [0.29, 0.717) is 6.54 Å². The number of hydrogen-bond acceptors (Lipinski definition) is 5. The number of sulfonamides is 1. The number of rotatable bonds is 7. The van der Waals surface area contributed by atoms with Gasteiger partial charge in [0, 0.05) is 19.7 Å². The lowest BCUT2D eigenvalue weighted by Gasteiger charge is -2.08. The number of unbranched alkanes of at least 4 members (excludes halogenated alkanes) is 1. The summed E-state index contributed by atoms with van der Waals surface area (Å²) in [5.41, 5.74) is 0.0124. The van der Waals surface area contributed by atoms with Gasteiger partial charge in [-0.25, -0.2) is 13.1 Å². The first-order valence-electron chi connectivity index (χ1n) is 5.88. The molecule has 0 atom stereocenters. The fourth-order valence-corrected chi connectivity index (χ4v) is 2.61. The predicted molar refractivity (Wildman–Crippen MR) is 72.7 cm³/mol. The SMILES string of the molecule is CCCCNS(=O)(=O)c1ccc([N+](=O)[O-])c(NC)c1. The molecule has 0 heterocycles. The van der Waals surface area contributed by atoms with Crippen LogP contribution in [0.5, 0.6) is 0 Å². The molecule has 0 aromatic heterocycles. The average Bonchev–Trinajstić information content (AvgIpc) is 2.38. The number of nitro groups is 1. The van der Waals surface area contributed by atoms with Gasteiger partial charge in [-0.1, -0.05) is 13.3 Å². The molecule has 0 aliphatic carbocycles. The summed E-state index contributed by atoms with van der Waals surface area (Å²) < 4.78 is 26.3. The predicted octanol–water partition coefficient (Wildman–Crippen LogP) is 1.71. The highest BCUT2D eigenvalue weighted by molar-refractivity contribution is 7.89. The first kappa shape index (κ1) is 15.4. The maximum Gasteiger partial charge on any atom is 0.292 e. The fraction of sp³-hybridized carbons (Fsp3) is 0.455. The minimum atomic E-state index is -3.62. The van der Waals surface area contributed by atoms with Gasteiger partial charge >= 0.3 is 0 Å². The number of anilines is 1. The van der Waals surface area contributed by atoms with Gasteiger partial charge in [0.25, 0.3) is 5.69 Å². The van der Waals surface area contributed by atoms with Crippen molar-refractivity contribution in [2.24, 2.45) is 0 Å². The molecule has 106 valence electrons. The molecule has 1 aromatic rings. The zero-order valence-corrected chi connectivity index (χ0v) is 11.7. The Kier molecular flexibility index (Phi) is 5.25. The molecule has 0 radical (unpaired) electrons. The number of hydrogen-bond donors (Lipinski definition) is 2. The number of nitro benzene ring substituents is 1. The van der Waals surface area contributed by atoms with Crippen LogP contribution in [0, 0.1) is 10.1 Å². The van der Waals surface area contributed by atoms with Gasteiger partial charge in [-0.05, 0) is 18.6 Å². The molecule has 0 amide bonds. The second kappa shape index (κ2) is 6.48. The van der Waals surface area contributed by atoms with E-state index in [2.05, 4.69) is 10.0 Å². The number of benzene rings is 1. The molecule has 1 rings (SSSR count). The molecule has 0 saturated carbocycles. The van der Waals surface area contributed by atoms with E-state index < -0.39 is 14.9 Å². The molecule has 0 aliphatic heterocycles. The number of nitrogens with one attached hydrogen (secondary N) is 2. The topological polar surface area (TPSA) is 101 Å². The minimum absolute atomic E-state index is 0.0125. The van der Waals surface area contributed by atoms with Crippen molar-refractivity contribution in [2.75, 3.05) is 18.9 Å². The van der Waals surface area contributed by atoms with Crippen LogP contribution in [0.15, 0.2) is 23.1 Å². The van der Waals surface area contributed by atoms with E-state index in [4.69, 9.17) is 0 Å². The molecular formula is C11H17N3O4S. The summed E-state index contributed by atoms with van der Waals surface area (Å²) in [5, 5.41) is 13.4. The molecule has 0 aliphatic rings. The van der Waals surface area contributed by atoms with E-state index in [-0.39, 0.29) is 16.3 Å². The lowest BCUT2D eigenvalue weighted by molar-refractivity contribution is -0.384. The van der Waals surface area contributed by atoms with Crippen LogP contribution in [0.3, 0.4) is 0 Å². The van der Waals surface area contributed by atoms with Crippen molar-refractivity contribution in [1.29, 1.82) is 0 Å². The highest BCUT2D eigenvalue weighted by atomic mass is 32.2. The highest BCUT2D eigenvalue weighted by Crippen LogP contribution is 2.26. The van der Waals surface area contributed by atoms with E-state index in [1.807, 2.05) is 6.92 Å². The zero-order chi connectivity index (χ0) is 14.5. The first-order valence-corrected chi connectivity index (χ1v) is 7.36. The van der Waals surface area contributed by atoms with Gasteiger partial charge in [0.15, 0.2) is 0 Å². The Bertz CT molecular complexity index is 557. The smallest absolute Gasteiger partial charge is 0.292 e. The van der Waals surface area contributed by atoms with Gasteiger partial charge in [-0.2, -0.15) is 0 Å². The molecular weight excluding hydrogens is 270 g/mol. The summed E-state index contributed by atoms with van der Waals surface area (Å²) in [5.74, 6) is 0. The molecule has 19 heavy (non-hydrogen) atoms. The Labute approximate surface area is 112 Å².